The Balaban J connectivity index is 1.65. The molecule has 158 valence electrons. The fraction of sp³-hybridized carbons (Fsp3) is 0.0476. The Kier molecular flexibility index (Phi) is 5.53. The summed E-state index contributed by atoms with van der Waals surface area (Å²) in [5.41, 5.74) is 2.20. The molecule has 4 rings (SSSR count). The van der Waals surface area contributed by atoms with Crippen LogP contribution in [0.5, 0.6) is 0 Å². The number of anilines is 2. The molecule has 0 aliphatic heterocycles. The van der Waals surface area contributed by atoms with E-state index in [4.69, 9.17) is 16.0 Å². The third kappa shape index (κ3) is 4.96. The molecule has 4 aromatic rings. The number of carbonyl (C=O) groups excluding carboxylic acids is 1. The molecule has 0 saturated carbocycles. The zero-order valence-electron chi connectivity index (χ0n) is 16.2. The number of nitrogens with one attached hydrogen (secondary N) is 2. The van der Waals surface area contributed by atoms with E-state index in [1.165, 1.54) is 12.3 Å². The monoisotopic (exact) mass is 456 g/mol. The highest BCUT2D eigenvalue weighted by molar-refractivity contribution is 7.92. The molecule has 0 saturated heterocycles. The largest absolute Gasteiger partial charge is 0.463 e. The number of furan rings is 1. The van der Waals surface area contributed by atoms with E-state index in [2.05, 4.69) is 15.1 Å². The Hall–Kier alpha value is -3.56. The molecule has 0 spiro atoms. The summed E-state index contributed by atoms with van der Waals surface area (Å²) in [5.74, 6) is 0.0814. The summed E-state index contributed by atoms with van der Waals surface area (Å²) in [4.78, 5) is 12.9. The minimum atomic E-state index is -3.43. The van der Waals surface area contributed by atoms with Crippen molar-refractivity contribution in [3.63, 3.8) is 0 Å². The Morgan fingerprint density at radius 2 is 1.77 bits per heavy atom. The molecule has 10 heteroatoms. The maximum absolute atomic E-state index is 12.9. The number of sulfonamides is 1. The van der Waals surface area contributed by atoms with Gasteiger partial charge in [-0.3, -0.25) is 9.52 Å². The number of halogens is 1. The molecule has 2 heterocycles. The third-order valence-corrected chi connectivity index (χ3v) is 5.07. The lowest BCUT2D eigenvalue weighted by Gasteiger charge is -2.07. The second-order valence-electron chi connectivity index (χ2n) is 6.69. The van der Waals surface area contributed by atoms with E-state index >= 15 is 0 Å². The van der Waals surface area contributed by atoms with Crippen LogP contribution in [0.4, 0.5) is 11.4 Å². The molecule has 0 fully saturated rings. The number of nitrogens with zero attached hydrogens (tertiary/aromatic N) is 2. The van der Waals surface area contributed by atoms with Crippen molar-refractivity contribution < 1.29 is 17.6 Å². The highest BCUT2D eigenvalue weighted by atomic mass is 35.5. The van der Waals surface area contributed by atoms with Crippen molar-refractivity contribution in [2.24, 2.45) is 0 Å². The average Bonchev–Trinajstić information content (AvgIpc) is 3.37. The summed E-state index contributed by atoms with van der Waals surface area (Å²) in [5, 5.41) is 7.74. The van der Waals surface area contributed by atoms with Crippen molar-refractivity contribution >= 4 is 38.9 Å². The maximum Gasteiger partial charge on any atom is 0.276 e. The molecule has 1 amide bonds. The number of hydrogen-bond acceptors (Lipinski definition) is 5. The first-order valence-electron chi connectivity index (χ1n) is 9.07. The van der Waals surface area contributed by atoms with Gasteiger partial charge >= 0.3 is 0 Å². The number of benzene rings is 2. The Labute approximate surface area is 183 Å². The number of amides is 1. The molecule has 0 aliphatic carbocycles. The first-order chi connectivity index (χ1) is 14.8. The first-order valence-corrected chi connectivity index (χ1v) is 11.3. The average molecular weight is 457 g/mol. The minimum Gasteiger partial charge on any atom is -0.463 e. The van der Waals surface area contributed by atoms with Crippen molar-refractivity contribution in [2.75, 3.05) is 16.3 Å². The quantitative estimate of drug-likeness (QED) is 0.447. The molecular formula is C21H17ClN4O4S. The van der Waals surface area contributed by atoms with Gasteiger partial charge in [0.2, 0.25) is 10.0 Å². The lowest BCUT2D eigenvalue weighted by molar-refractivity contribution is 0.102. The maximum atomic E-state index is 12.9. The molecule has 0 atom stereocenters. The number of aromatic nitrogens is 2. The molecule has 2 aromatic heterocycles. The van der Waals surface area contributed by atoms with E-state index in [0.717, 1.165) is 6.26 Å². The molecular weight excluding hydrogens is 440 g/mol. The van der Waals surface area contributed by atoms with Gasteiger partial charge in [0.05, 0.1) is 23.9 Å². The molecule has 0 unspecified atom stereocenters. The van der Waals surface area contributed by atoms with Crippen LogP contribution in [0, 0.1) is 0 Å². The van der Waals surface area contributed by atoms with E-state index in [9.17, 15) is 13.2 Å². The molecule has 8 nitrogen and oxygen atoms in total. The SMILES string of the molecule is CS(=O)(=O)Nc1cccc(NC(=O)c2cc(-c3ccco3)n(-c3ccc(Cl)cc3)n2)c1. The van der Waals surface area contributed by atoms with Gasteiger partial charge in [-0.15, -0.1) is 0 Å². The molecule has 0 bridgehead atoms. The summed E-state index contributed by atoms with van der Waals surface area (Å²) in [6.45, 7) is 0. The summed E-state index contributed by atoms with van der Waals surface area (Å²) in [6.07, 6.45) is 2.59. The predicted octanol–water partition coefficient (Wildman–Crippen LogP) is 4.41. The smallest absolute Gasteiger partial charge is 0.276 e. The van der Waals surface area contributed by atoms with Gasteiger partial charge in [-0.25, -0.2) is 13.1 Å². The van der Waals surface area contributed by atoms with Crippen molar-refractivity contribution in [3.8, 4) is 17.1 Å². The van der Waals surface area contributed by atoms with E-state index in [1.807, 2.05) is 0 Å². The molecule has 2 N–H and O–H groups in total. The molecule has 0 radical (unpaired) electrons. The second kappa shape index (κ2) is 8.29. The van der Waals surface area contributed by atoms with E-state index in [-0.39, 0.29) is 5.69 Å². The molecule has 31 heavy (non-hydrogen) atoms. The van der Waals surface area contributed by atoms with Gasteiger partial charge in [-0.2, -0.15) is 5.10 Å². The summed E-state index contributed by atoms with van der Waals surface area (Å²) in [7, 11) is -3.43. The van der Waals surface area contributed by atoms with Crippen LogP contribution in [-0.4, -0.2) is 30.4 Å². The minimum absolute atomic E-state index is 0.155. The van der Waals surface area contributed by atoms with Crippen molar-refractivity contribution in [3.05, 3.63) is 83.7 Å². The van der Waals surface area contributed by atoms with Gasteiger partial charge in [-0.05, 0) is 54.6 Å². The van der Waals surface area contributed by atoms with Crippen LogP contribution in [0.2, 0.25) is 5.02 Å². The third-order valence-electron chi connectivity index (χ3n) is 4.21. The lowest BCUT2D eigenvalue weighted by atomic mass is 10.2. The van der Waals surface area contributed by atoms with Gasteiger partial charge < -0.3 is 9.73 Å². The van der Waals surface area contributed by atoms with E-state index in [1.54, 1.807) is 65.3 Å². The zero-order valence-corrected chi connectivity index (χ0v) is 17.8. The summed E-state index contributed by atoms with van der Waals surface area (Å²) in [6, 6.07) is 18.5. The van der Waals surface area contributed by atoms with Crippen molar-refractivity contribution in [2.45, 2.75) is 0 Å². The first kappa shape index (κ1) is 20.7. The topological polar surface area (TPSA) is 106 Å². The lowest BCUT2D eigenvalue weighted by Crippen LogP contribution is -2.14. The van der Waals surface area contributed by atoms with Crippen molar-refractivity contribution in [1.82, 2.24) is 9.78 Å². The van der Waals surface area contributed by atoms with E-state index in [0.29, 0.717) is 33.5 Å². The van der Waals surface area contributed by atoms with Crippen LogP contribution < -0.4 is 10.0 Å². The molecule has 0 aliphatic rings. The number of rotatable bonds is 6. The Morgan fingerprint density at radius 1 is 1.03 bits per heavy atom. The van der Waals surface area contributed by atoms with Gasteiger partial charge in [-0.1, -0.05) is 17.7 Å². The fourth-order valence-corrected chi connectivity index (χ4v) is 3.62. The highest BCUT2D eigenvalue weighted by Crippen LogP contribution is 2.26. The number of carbonyl (C=O) groups is 1. The highest BCUT2D eigenvalue weighted by Gasteiger charge is 2.18. The van der Waals surface area contributed by atoms with E-state index < -0.39 is 15.9 Å². The summed E-state index contributed by atoms with van der Waals surface area (Å²) < 4.78 is 32.3. The number of hydrogen-bond donors (Lipinski definition) is 2. The van der Waals surface area contributed by atoms with Crippen LogP contribution in [0.3, 0.4) is 0 Å². The van der Waals surface area contributed by atoms with Gasteiger partial charge in [0.25, 0.3) is 5.91 Å². The zero-order chi connectivity index (χ0) is 22.0. The second-order valence-corrected chi connectivity index (χ2v) is 8.87. The Bertz CT molecular complexity index is 1330. The van der Waals surface area contributed by atoms with Gasteiger partial charge in [0, 0.05) is 16.8 Å². The van der Waals surface area contributed by atoms with Crippen LogP contribution in [0.1, 0.15) is 10.5 Å². The van der Waals surface area contributed by atoms with Gasteiger partial charge in [0.15, 0.2) is 11.5 Å². The Morgan fingerprint density at radius 3 is 2.45 bits per heavy atom. The standard InChI is InChI=1S/C21H17ClN4O4S/c1-31(28,29)25-16-5-2-4-15(12-16)23-21(27)18-13-19(20-6-3-11-30-20)26(24-18)17-9-7-14(22)8-10-17/h2-13,25H,1H3,(H,23,27). The van der Waals surface area contributed by atoms with Crippen LogP contribution >= 0.6 is 11.6 Å². The molecule has 2 aromatic carbocycles. The van der Waals surface area contributed by atoms with Crippen LogP contribution in [0.25, 0.3) is 17.1 Å². The van der Waals surface area contributed by atoms with Crippen LogP contribution in [-0.2, 0) is 10.0 Å². The van der Waals surface area contributed by atoms with Crippen molar-refractivity contribution in [1.29, 1.82) is 0 Å². The predicted molar refractivity (Wildman–Crippen MR) is 119 cm³/mol. The van der Waals surface area contributed by atoms with Crippen LogP contribution in [0.15, 0.2) is 77.4 Å². The summed E-state index contributed by atoms with van der Waals surface area (Å²) >= 11 is 5.98. The normalized spacial score (nSPS) is 11.3. The van der Waals surface area contributed by atoms with Gasteiger partial charge in [0.1, 0.15) is 5.69 Å². The fourth-order valence-electron chi connectivity index (χ4n) is 2.94.